The summed E-state index contributed by atoms with van der Waals surface area (Å²) in [5.74, 6) is -0.444. The number of benzene rings is 2. The summed E-state index contributed by atoms with van der Waals surface area (Å²) in [6.07, 6.45) is 0.845. The average molecular weight is 477 g/mol. The molecular weight excluding hydrogens is 447 g/mol. The number of rotatable bonds is 6. The van der Waals surface area contributed by atoms with Gasteiger partial charge < -0.3 is 19.9 Å². The Morgan fingerprint density at radius 1 is 1.15 bits per heavy atom. The van der Waals surface area contributed by atoms with Crippen LogP contribution in [0.15, 0.2) is 48.5 Å². The Bertz CT molecular complexity index is 946. The second-order valence-electron chi connectivity index (χ2n) is 8.80. The van der Waals surface area contributed by atoms with E-state index in [-0.39, 0.29) is 49.5 Å². The van der Waals surface area contributed by atoms with Crippen molar-refractivity contribution in [2.75, 3.05) is 19.8 Å². The third-order valence-electron chi connectivity index (χ3n) is 6.15. The van der Waals surface area contributed by atoms with E-state index in [2.05, 4.69) is 10.2 Å². The van der Waals surface area contributed by atoms with Gasteiger partial charge in [0.25, 0.3) is 0 Å². The van der Waals surface area contributed by atoms with Gasteiger partial charge in [0, 0.05) is 30.7 Å². The molecule has 2 aliphatic heterocycles. The molecule has 0 radical (unpaired) electrons. The van der Waals surface area contributed by atoms with Crippen molar-refractivity contribution in [3.05, 3.63) is 70.5 Å². The van der Waals surface area contributed by atoms with Gasteiger partial charge in [-0.05, 0) is 48.2 Å². The molecule has 4 atom stereocenters. The largest absolute Gasteiger partial charge is 0.389 e. The van der Waals surface area contributed by atoms with Gasteiger partial charge in [-0.2, -0.15) is 0 Å². The maximum atomic E-state index is 13.3. The number of nitrogens with zero attached hydrogens (tertiary/aromatic N) is 1. The first-order valence-corrected chi connectivity index (χ1v) is 11.7. The average Bonchev–Trinajstić information content (AvgIpc) is 2.77. The van der Waals surface area contributed by atoms with E-state index in [9.17, 15) is 14.3 Å². The van der Waals surface area contributed by atoms with Crippen molar-refractivity contribution < 1.29 is 23.8 Å². The van der Waals surface area contributed by atoms with Gasteiger partial charge in [0.05, 0.1) is 37.9 Å². The monoisotopic (exact) mass is 476 g/mol. The number of hydrogen-bond acceptors (Lipinski definition) is 5. The molecule has 0 bridgehead atoms. The molecule has 8 heteroatoms. The predicted molar refractivity (Wildman–Crippen MR) is 123 cm³/mol. The van der Waals surface area contributed by atoms with Crippen molar-refractivity contribution in [2.24, 2.45) is 0 Å². The lowest BCUT2D eigenvalue weighted by molar-refractivity contribution is -0.158. The van der Waals surface area contributed by atoms with E-state index in [1.165, 1.54) is 12.1 Å². The summed E-state index contributed by atoms with van der Waals surface area (Å²) < 4.78 is 25.3. The molecule has 4 rings (SSSR count). The van der Waals surface area contributed by atoms with Crippen molar-refractivity contribution in [3.63, 3.8) is 0 Å². The molecule has 2 aliphatic rings. The van der Waals surface area contributed by atoms with Gasteiger partial charge in [-0.15, -0.1) is 0 Å². The SMILES string of the molecule is O=C(C[C@@H]1CC[C@H]2[C@@H](COC[C@@H](O)CN2Cc2cccc(Cl)c2)O1)NCc1cccc(F)c1. The van der Waals surface area contributed by atoms with Crippen LogP contribution in [0.2, 0.25) is 5.02 Å². The number of carbonyl (C=O) groups excluding carboxylic acids is 1. The van der Waals surface area contributed by atoms with Crippen LogP contribution in [0.1, 0.15) is 30.4 Å². The van der Waals surface area contributed by atoms with E-state index in [0.29, 0.717) is 24.7 Å². The molecule has 2 fully saturated rings. The van der Waals surface area contributed by atoms with Gasteiger partial charge in [0.2, 0.25) is 5.91 Å². The van der Waals surface area contributed by atoms with Gasteiger partial charge in [-0.3, -0.25) is 9.69 Å². The summed E-state index contributed by atoms with van der Waals surface area (Å²) in [6.45, 7) is 2.03. The van der Waals surface area contributed by atoms with E-state index >= 15 is 0 Å². The maximum Gasteiger partial charge on any atom is 0.222 e. The minimum atomic E-state index is -0.573. The Morgan fingerprint density at radius 2 is 1.97 bits per heavy atom. The first-order chi connectivity index (χ1) is 16.0. The van der Waals surface area contributed by atoms with Crippen LogP contribution < -0.4 is 5.32 Å². The van der Waals surface area contributed by atoms with Gasteiger partial charge in [-0.25, -0.2) is 4.39 Å². The zero-order chi connectivity index (χ0) is 23.2. The third kappa shape index (κ3) is 6.98. The molecule has 2 aromatic carbocycles. The summed E-state index contributed by atoms with van der Waals surface area (Å²) >= 11 is 6.16. The van der Waals surface area contributed by atoms with Crippen molar-refractivity contribution in [1.29, 1.82) is 0 Å². The lowest BCUT2D eigenvalue weighted by Crippen LogP contribution is -2.55. The van der Waals surface area contributed by atoms with Crippen LogP contribution >= 0.6 is 11.6 Å². The standard InChI is InChI=1S/C25H30ClFN2O4/c26-19-5-1-4-18(9-19)13-29-14-21(30)15-32-16-24-23(29)8-7-22(33-24)11-25(31)28-12-17-3-2-6-20(27)10-17/h1-6,9-10,21-24,30H,7-8,11-16H2,(H,28,31)/t21-,22-,23-,24+/m0/s1. The number of halogens is 2. The number of ether oxygens (including phenoxy) is 2. The molecule has 0 aliphatic carbocycles. The minimum Gasteiger partial charge on any atom is -0.389 e. The Labute approximate surface area is 198 Å². The molecule has 2 saturated heterocycles. The highest BCUT2D eigenvalue weighted by Gasteiger charge is 2.38. The summed E-state index contributed by atoms with van der Waals surface area (Å²) in [6, 6.07) is 14.0. The molecule has 1 amide bonds. The molecule has 2 heterocycles. The van der Waals surface area contributed by atoms with Crippen LogP contribution in [0, 0.1) is 5.82 Å². The predicted octanol–water partition coefficient (Wildman–Crippen LogP) is 3.29. The minimum absolute atomic E-state index is 0.0746. The van der Waals surface area contributed by atoms with Crippen LogP contribution in [0.4, 0.5) is 4.39 Å². The number of amides is 1. The second kappa shape index (κ2) is 11.4. The number of fused-ring (bicyclic) bond motifs is 1. The molecule has 0 saturated carbocycles. The summed E-state index contributed by atoms with van der Waals surface area (Å²) in [4.78, 5) is 14.7. The summed E-state index contributed by atoms with van der Waals surface area (Å²) in [7, 11) is 0. The molecule has 0 aromatic heterocycles. The normalized spacial score (nSPS) is 26.2. The summed E-state index contributed by atoms with van der Waals surface area (Å²) in [5, 5.41) is 13.9. The molecule has 6 nitrogen and oxygen atoms in total. The molecule has 178 valence electrons. The van der Waals surface area contributed by atoms with E-state index in [0.717, 1.165) is 24.0 Å². The van der Waals surface area contributed by atoms with Crippen LogP contribution in [0.5, 0.6) is 0 Å². The quantitative estimate of drug-likeness (QED) is 0.669. The van der Waals surface area contributed by atoms with Crippen LogP contribution in [-0.4, -0.2) is 60.0 Å². The van der Waals surface area contributed by atoms with Crippen molar-refractivity contribution >= 4 is 17.5 Å². The molecule has 33 heavy (non-hydrogen) atoms. The fourth-order valence-corrected chi connectivity index (χ4v) is 4.84. The Kier molecular flexibility index (Phi) is 8.33. The molecule has 0 unspecified atom stereocenters. The van der Waals surface area contributed by atoms with Crippen molar-refractivity contribution in [2.45, 2.75) is 56.7 Å². The zero-order valence-electron chi connectivity index (χ0n) is 18.5. The smallest absolute Gasteiger partial charge is 0.222 e. The first kappa shape index (κ1) is 24.1. The second-order valence-corrected chi connectivity index (χ2v) is 9.24. The van der Waals surface area contributed by atoms with Gasteiger partial charge >= 0.3 is 0 Å². The van der Waals surface area contributed by atoms with Gasteiger partial charge in [0.1, 0.15) is 5.82 Å². The van der Waals surface area contributed by atoms with E-state index in [1.54, 1.807) is 12.1 Å². The lowest BCUT2D eigenvalue weighted by atomic mass is 9.94. The van der Waals surface area contributed by atoms with Crippen molar-refractivity contribution in [3.8, 4) is 0 Å². The molecular formula is C25H30ClFN2O4. The summed E-state index contributed by atoms with van der Waals surface area (Å²) in [5.41, 5.74) is 1.80. The molecule has 0 spiro atoms. The van der Waals surface area contributed by atoms with Gasteiger partial charge in [0.15, 0.2) is 0 Å². The topological polar surface area (TPSA) is 71.0 Å². The third-order valence-corrected chi connectivity index (χ3v) is 6.39. The Morgan fingerprint density at radius 3 is 2.79 bits per heavy atom. The Balaban J connectivity index is 1.34. The Hall–Kier alpha value is -2.03. The van der Waals surface area contributed by atoms with Crippen LogP contribution in [0.25, 0.3) is 0 Å². The number of aliphatic hydroxyl groups is 1. The molecule has 2 aromatic rings. The highest BCUT2D eigenvalue weighted by molar-refractivity contribution is 6.30. The van der Waals surface area contributed by atoms with E-state index < -0.39 is 6.10 Å². The van der Waals surface area contributed by atoms with Crippen LogP contribution in [-0.2, 0) is 27.4 Å². The van der Waals surface area contributed by atoms with Crippen LogP contribution in [0.3, 0.4) is 0 Å². The highest BCUT2D eigenvalue weighted by atomic mass is 35.5. The highest BCUT2D eigenvalue weighted by Crippen LogP contribution is 2.29. The zero-order valence-corrected chi connectivity index (χ0v) is 19.2. The maximum absolute atomic E-state index is 13.3. The number of β-amino-alcohol motifs (C(OH)–C–C–N with tert-alkyl or cyclic N) is 1. The lowest BCUT2D eigenvalue weighted by Gasteiger charge is -2.44. The first-order valence-electron chi connectivity index (χ1n) is 11.4. The van der Waals surface area contributed by atoms with Gasteiger partial charge in [-0.1, -0.05) is 35.9 Å². The molecule has 2 N–H and O–H groups in total. The van der Waals surface area contributed by atoms with E-state index in [1.807, 2.05) is 24.3 Å². The van der Waals surface area contributed by atoms with E-state index in [4.69, 9.17) is 21.1 Å². The number of carbonyl (C=O) groups is 1. The van der Waals surface area contributed by atoms with Crippen molar-refractivity contribution in [1.82, 2.24) is 10.2 Å². The number of hydrogen-bond donors (Lipinski definition) is 2. The number of aliphatic hydroxyl groups excluding tert-OH is 1. The fraction of sp³-hybridized carbons (Fsp3) is 0.480. The number of nitrogens with one attached hydrogen (secondary N) is 1. The fourth-order valence-electron chi connectivity index (χ4n) is 4.62.